The maximum atomic E-state index is 11.0. The number of aliphatic hydroxyl groups excluding tert-OH is 3. The van der Waals surface area contributed by atoms with Gasteiger partial charge in [-0.15, -0.1) is 0 Å². The van der Waals surface area contributed by atoms with Crippen molar-refractivity contribution in [3.63, 3.8) is 0 Å². The first-order valence-corrected chi connectivity index (χ1v) is 4.29. The SMILES string of the molecule is CC(O)CCC(=O)NC(CO)CO. The molecule has 0 aromatic heterocycles. The van der Waals surface area contributed by atoms with Gasteiger partial charge in [-0.3, -0.25) is 4.79 Å². The van der Waals surface area contributed by atoms with Crippen LogP contribution in [0.2, 0.25) is 0 Å². The zero-order chi connectivity index (χ0) is 10.3. The number of rotatable bonds is 6. The number of carbonyl (C=O) groups excluding carboxylic acids is 1. The zero-order valence-corrected chi connectivity index (χ0v) is 7.73. The lowest BCUT2D eigenvalue weighted by Crippen LogP contribution is -2.40. The second-order valence-corrected chi connectivity index (χ2v) is 3.02. The summed E-state index contributed by atoms with van der Waals surface area (Å²) >= 11 is 0. The third kappa shape index (κ3) is 6.51. The molecule has 1 amide bonds. The quantitative estimate of drug-likeness (QED) is 0.416. The van der Waals surface area contributed by atoms with Crippen LogP contribution in [-0.4, -0.2) is 46.6 Å². The largest absolute Gasteiger partial charge is 0.394 e. The van der Waals surface area contributed by atoms with Gasteiger partial charge in [0.05, 0.1) is 25.4 Å². The minimum atomic E-state index is -0.596. The molecule has 4 N–H and O–H groups in total. The third-order valence-electron chi connectivity index (χ3n) is 1.60. The molecule has 0 radical (unpaired) electrons. The van der Waals surface area contributed by atoms with Gasteiger partial charge in [0.2, 0.25) is 5.91 Å². The van der Waals surface area contributed by atoms with E-state index in [4.69, 9.17) is 15.3 Å². The summed E-state index contributed by atoms with van der Waals surface area (Å²) in [5, 5.41) is 28.5. The van der Waals surface area contributed by atoms with E-state index < -0.39 is 12.1 Å². The Morgan fingerprint density at radius 2 is 1.92 bits per heavy atom. The van der Waals surface area contributed by atoms with Crippen molar-refractivity contribution < 1.29 is 20.1 Å². The Balaban J connectivity index is 3.60. The molecule has 0 aliphatic rings. The minimum absolute atomic E-state index is 0.203. The molecule has 78 valence electrons. The van der Waals surface area contributed by atoms with E-state index in [9.17, 15) is 4.79 Å². The lowest BCUT2D eigenvalue weighted by atomic mass is 10.2. The Labute approximate surface area is 77.4 Å². The van der Waals surface area contributed by atoms with Gasteiger partial charge >= 0.3 is 0 Å². The molecule has 0 spiro atoms. The van der Waals surface area contributed by atoms with Gasteiger partial charge in [-0.25, -0.2) is 0 Å². The van der Waals surface area contributed by atoms with Crippen LogP contribution in [0.25, 0.3) is 0 Å². The molecule has 0 saturated heterocycles. The Kier molecular flexibility index (Phi) is 6.48. The predicted octanol–water partition coefficient (Wildman–Crippen LogP) is -1.38. The first-order valence-electron chi connectivity index (χ1n) is 4.29. The highest BCUT2D eigenvalue weighted by Gasteiger charge is 2.10. The van der Waals surface area contributed by atoms with Crippen molar-refractivity contribution in [1.82, 2.24) is 5.32 Å². The molecule has 1 atom stereocenters. The Morgan fingerprint density at radius 1 is 1.38 bits per heavy atom. The molecule has 0 aliphatic heterocycles. The van der Waals surface area contributed by atoms with Crippen molar-refractivity contribution in [2.24, 2.45) is 0 Å². The van der Waals surface area contributed by atoms with Gasteiger partial charge in [-0.1, -0.05) is 0 Å². The van der Waals surface area contributed by atoms with E-state index in [-0.39, 0.29) is 25.5 Å². The van der Waals surface area contributed by atoms with Gasteiger partial charge in [0, 0.05) is 6.42 Å². The summed E-state index contributed by atoms with van der Waals surface area (Å²) in [5.74, 6) is -0.269. The summed E-state index contributed by atoms with van der Waals surface area (Å²) in [6.45, 7) is 1.04. The van der Waals surface area contributed by atoms with Gasteiger partial charge in [0.25, 0.3) is 0 Å². The van der Waals surface area contributed by atoms with Gasteiger partial charge < -0.3 is 20.6 Å². The maximum Gasteiger partial charge on any atom is 0.220 e. The minimum Gasteiger partial charge on any atom is -0.394 e. The van der Waals surface area contributed by atoms with Crippen LogP contribution in [0.5, 0.6) is 0 Å². The number of amides is 1. The van der Waals surface area contributed by atoms with Crippen molar-refractivity contribution in [3.05, 3.63) is 0 Å². The molecule has 0 aromatic carbocycles. The number of aliphatic hydroxyl groups is 3. The summed E-state index contributed by atoms with van der Waals surface area (Å²) in [6.07, 6.45) is 0.0799. The fourth-order valence-electron chi connectivity index (χ4n) is 0.789. The zero-order valence-electron chi connectivity index (χ0n) is 7.73. The van der Waals surface area contributed by atoms with Crippen LogP contribution in [0.4, 0.5) is 0 Å². The molecule has 1 unspecified atom stereocenters. The smallest absolute Gasteiger partial charge is 0.220 e. The molecule has 0 fully saturated rings. The van der Waals surface area contributed by atoms with Crippen molar-refractivity contribution >= 4 is 5.91 Å². The summed E-state index contributed by atoms with van der Waals surface area (Å²) in [6, 6.07) is -0.596. The maximum absolute atomic E-state index is 11.0. The van der Waals surface area contributed by atoms with E-state index in [1.54, 1.807) is 6.92 Å². The summed E-state index contributed by atoms with van der Waals surface area (Å²) in [4.78, 5) is 11.0. The van der Waals surface area contributed by atoms with Crippen molar-refractivity contribution in [3.8, 4) is 0 Å². The normalized spacial score (nSPS) is 13.0. The first-order chi connectivity index (χ1) is 6.10. The molecule has 13 heavy (non-hydrogen) atoms. The lowest BCUT2D eigenvalue weighted by Gasteiger charge is -2.13. The molecule has 5 nitrogen and oxygen atoms in total. The Morgan fingerprint density at radius 3 is 2.31 bits per heavy atom. The molecule has 0 bridgehead atoms. The second-order valence-electron chi connectivity index (χ2n) is 3.02. The van der Waals surface area contributed by atoms with E-state index in [2.05, 4.69) is 5.32 Å². The van der Waals surface area contributed by atoms with Gasteiger partial charge in [0.1, 0.15) is 0 Å². The molecule has 0 saturated carbocycles. The van der Waals surface area contributed by atoms with Crippen LogP contribution in [0, 0.1) is 0 Å². The second kappa shape index (κ2) is 6.82. The number of nitrogens with one attached hydrogen (secondary N) is 1. The van der Waals surface area contributed by atoms with Crippen LogP contribution in [0.15, 0.2) is 0 Å². The standard InChI is InChI=1S/C8H17NO4/c1-6(12)2-3-8(13)9-7(4-10)5-11/h6-7,10-12H,2-5H2,1H3,(H,9,13). The molecule has 5 heteroatoms. The average Bonchev–Trinajstić information content (AvgIpc) is 2.10. The van der Waals surface area contributed by atoms with E-state index in [0.717, 1.165) is 0 Å². The molecule has 0 rings (SSSR count). The van der Waals surface area contributed by atoms with Crippen LogP contribution in [0.3, 0.4) is 0 Å². The van der Waals surface area contributed by atoms with E-state index >= 15 is 0 Å². The van der Waals surface area contributed by atoms with Crippen LogP contribution in [-0.2, 0) is 4.79 Å². The van der Waals surface area contributed by atoms with Crippen molar-refractivity contribution in [2.75, 3.05) is 13.2 Å². The lowest BCUT2D eigenvalue weighted by molar-refractivity contribution is -0.123. The van der Waals surface area contributed by atoms with Gasteiger partial charge in [-0.05, 0) is 13.3 Å². The predicted molar refractivity (Wildman–Crippen MR) is 47.0 cm³/mol. The molecule has 0 aliphatic carbocycles. The highest BCUT2D eigenvalue weighted by atomic mass is 16.3. The van der Waals surface area contributed by atoms with Crippen LogP contribution >= 0.6 is 0 Å². The van der Waals surface area contributed by atoms with Gasteiger partial charge in [0.15, 0.2) is 0 Å². The topological polar surface area (TPSA) is 89.8 Å². The first kappa shape index (κ1) is 12.3. The van der Waals surface area contributed by atoms with Crippen molar-refractivity contribution in [2.45, 2.75) is 31.9 Å². The molecule has 0 aromatic rings. The van der Waals surface area contributed by atoms with E-state index in [0.29, 0.717) is 6.42 Å². The number of carbonyl (C=O) groups is 1. The molecule has 0 heterocycles. The monoisotopic (exact) mass is 191 g/mol. The Bertz CT molecular complexity index is 145. The van der Waals surface area contributed by atoms with E-state index in [1.165, 1.54) is 0 Å². The fraction of sp³-hybridized carbons (Fsp3) is 0.875. The average molecular weight is 191 g/mol. The van der Waals surface area contributed by atoms with Gasteiger partial charge in [-0.2, -0.15) is 0 Å². The van der Waals surface area contributed by atoms with Crippen LogP contribution in [0.1, 0.15) is 19.8 Å². The molecular weight excluding hydrogens is 174 g/mol. The summed E-state index contributed by atoms with van der Waals surface area (Å²) < 4.78 is 0. The molecular formula is C8H17NO4. The highest BCUT2D eigenvalue weighted by Crippen LogP contribution is 1.95. The van der Waals surface area contributed by atoms with Crippen molar-refractivity contribution in [1.29, 1.82) is 0 Å². The summed E-state index contributed by atoms with van der Waals surface area (Å²) in [5.41, 5.74) is 0. The number of hydrogen-bond donors (Lipinski definition) is 4. The Hall–Kier alpha value is -0.650. The summed E-state index contributed by atoms with van der Waals surface area (Å²) in [7, 11) is 0. The van der Waals surface area contributed by atoms with E-state index in [1.807, 2.05) is 0 Å². The fourth-order valence-corrected chi connectivity index (χ4v) is 0.789. The van der Waals surface area contributed by atoms with Crippen LogP contribution < -0.4 is 5.32 Å². The highest BCUT2D eigenvalue weighted by molar-refractivity contribution is 5.76. The number of hydrogen-bond acceptors (Lipinski definition) is 4. The third-order valence-corrected chi connectivity index (χ3v) is 1.60.